The highest BCUT2D eigenvalue weighted by molar-refractivity contribution is 5.60. The summed E-state index contributed by atoms with van der Waals surface area (Å²) in [5, 5.41) is 0. The number of nitrogen functional groups attached to an aromatic ring is 1. The van der Waals surface area contributed by atoms with Crippen LogP contribution in [-0.4, -0.2) is 6.61 Å². The number of benzene rings is 3. The number of hydrogen-bond donors (Lipinski definition) is 5. The van der Waals surface area contributed by atoms with E-state index in [1.54, 1.807) is 0 Å². The van der Waals surface area contributed by atoms with Gasteiger partial charge in [-0.05, 0) is 97.0 Å². The molecular formula is C27H37N5O. The van der Waals surface area contributed by atoms with Crippen LogP contribution in [0.5, 0.6) is 5.75 Å². The summed E-state index contributed by atoms with van der Waals surface area (Å²) in [4.78, 5) is 0. The van der Waals surface area contributed by atoms with Gasteiger partial charge in [0.15, 0.2) is 0 Å². The lowest BCUT2D eigenvalue weighted by Gasteiger charge is -2.23. The molecule has 6 heteroatoms. The largest absolute Gasteiger partial charge is 0.494 e. The molecule has 0 aliphatic rings. The minimum absolute atomic E-state index is 0.366. The number of nitrogens with two attached hydrogens (primary N) is 1. The van der Waals surface area contributed by atoms with Crippen molar-refractivity contribution in [1.82, 2.24) is 0 Å². The van der Waals surface area contributed by atoms with Crippen molar-refractivity contribution in [2.75, 3.05) is 34.0 Å². The first-order valence-electron chi connectivity index (χ1n) is 11.5. The Kier molecular flexibility index (Phi) is 8.30. The van der Waals surface area contributed by atoms with Crippen LogP contribution in [0.15, 0.2) is 72.8 Å². The summed E-state index contributed by atoms with van der Waals surface area (Å²) in [6.45, 7) is 9.91. The molecule has 0 saturated heterocycles. The van der Waals surface area contributed by atoms with Crippen molar-refractivity contribution in [3.63, 3.8) is 0 Å². The van der Waals surface area contributed by atoms with Crippen molar-refractivity contribution in [2.45, 2.75) is 40.5 Å². The van der Waals surface area contributed by atoms with Crippen LogP contribution in [0.1, 0.15) is 40.5 Å². The van der Waals surface area contributed by atoms with E-state index in [0.717, 1.165) is 47.2 Å². The third-order valence-electron chi connectivity index (χ3n) is 5.19. The van der Waals surface area contributed by atoms with Crippen LogP contribution in [0.25, 0.3) is 0 Å². The molecule has 0 fully saturated rings. The van der Waals surface area contributed by atoms with Crippen molar-refractivity contribution >= 4 is 28.4 Å². The zero-order valence-electron chi connectivity index (χ0n) is 20.1. The molecule has 1 atom stereocenters. The Morgan fingerprint density at radius 1 is 0.697 bits per heavy atom. The summed E-state index contributed by atoms with van der Waals surface area (Å²) in [6.07, 6.45) is 2.28. The fourth-order valence-electron chi connectivity index (χ4n) is 3.65. The zero-order chi connectivity index (χ0) is 23.7. The van der Waals surface area contributed by atoms with Gasteiger partial charge in [0, 0.05) is 5.69 Å². The molecule has 6 N–H and O–H groups in total. The number of rotatable bonds is 11. The van der Waals surface area contributed by atoms with Crippen molar-refractivity contribution in [2.24, 2.45) is 11.3 Å². The smallest absolute Gasteiger partial charge is 0.119 e. The van der Waals surface area contributed by atoms with Crippen LogP contribution in [0.4, 0.5) is 28.4 Å². The lowest BCUT2D eigenvalue weighted by atomic mass is 9.84. The van der Waals surface area contributed by atoms with Crippen molar-refractivity contribution in [1.29, 1.82) is 0 Å². The van der Waals surface area contributed by atoms with E-state index in [0.29, 0.717) is 11.3 Å². The highest BCUT2D eigenvalue weighted by Gasteiger charge is 2.15. The lowest BCUT2D eigenvalue weighted by Crippen LogP contribution is -2.13. The second kappa shape index (κ2) is 11.4. The van der Waals surface area contributed by atoms with E-state index in [4.69, 9.17) is 10.5 Å². The molecule has 0 saturated carbocycles. The SMILES string of the molecule is CC(CCOc1ccc(NNc2ccc(NNc3ccc(N)cc3)cc2)cc1)CC(C)(C)C. The summed E-state index contributed by atoms with van der Waals surface area (Å²) in [5.74, 6) is 1.55. The Hall–Kier alpha value is -3.54. The second-order valence-electron chi connectivity index (χ2n) is 9.73. The topological polar surface area (TPSA) is 83.4 Å². The average molecular weight is 448 g/mol. The molecule has 176 valence electrons. The quantitative estimate of drug-likeness (QED) is 0.161. The highest BCUT2D eigenvalue weighted by atomic mass is 16.5. The van der Waals surface area contributed by atoms with Crippen molar-refractivity contribution in [3.05, 3.63) is 72.8 Å². The number of nitrogens with one attached hydrogen (secondary N) is 4. The molecule has 1 unspecified atom stereocenters. The minimum Gasteiger partial charge on any atom is -0.494 e. The molecule has 0 aliphatic heterocycles. The Balaban J connectivity index is 1.38. The maximum atomic E-state index is 5.92. The van der Waals surface area contributed by atoms with E-state index in [1.807, 2.05) is 72.8 Å². The van der Waals surface area contributed by atoms with Gasteiger partial charge < -0.3 is 32.2 Å². The van der Waals surface area contributed by atoms with E-state index in [2.05, 4.69) is 49.4 Å². The van der Waals surface area contributed by atoms with Crippen LogP contribution in [0.3, 0.4) is 0 Å². The average Bonchev–Trinajstić information content (AvgIpc) is 2.78. The predicted molar refractivity (Wildman–Crippen MR) is 142 cm³/mol. The number of hydrogen-bond acceptors (Lipinski definition) is 6. The number of ether oxygens (including phenoxy) is 1. The zero-order valence-corrected chi connectivity index (χ0v) is 20.1. The van der Waals surface area contributed by atoms with E-state index < -0.39 is 0 Å². The maximum Gasteiger partial charge on any atom is 0.119 e. The molecule has 0 aliphatic carbocycles. The van der Waals surface area contributed by atoms with Crippen LogP contribution in [0, 0.1) is 11.3 Å². The molecule has 0 heterocycles. The van der Waals surface area contributed by atoms with Gasteiger partial charge in [0.2, 0.25) is 0 Å². The van der Waals surface area contributed by atoms with Crippen LogP contribution < -0.4 is 32.2 Å². The highest BCUT2D eigenvalue weighted by Crippen LogP contribution is 2.26. The molecule has 3 aromatic rings. The first-order valence-corrected chi connectivity index (χ1v) is 11.5. The fraction of sp³-hybridized carbons (Fsp3) is 0.333. The normalized spacial score (nSPS) is 12.0. The lowest BCUT2D eigenvalue weighted by molar-refractivity contribution is 0.240. The Labute approximate surface area is 197 Å². The van der Waals surface area contributed by atoms with Gasteiger partial charge in [-0.1, -0.05) is 27.7 Å². The molecular weight excluding hydrogens is 410 g/mol. The molecule has 0 aromatic heterocycles. The molecule has 3 aromatic carbocycles. The Morgan fingerprint density at radius 2 is 1.09 bits per heavy atom. The van der Waals surface area contributed by atoms with Crippen molar-refractivity contribution in [3.8, 4) is 5.75 Å². The van der Waals surface area contributed by atoms with Gasteiger partial charge in [0.1, 0.15) is 5.75 Å². The van der Waals surface area contributed by atoms with Gasteiger partial charge in [0.25, 0.3) is 0 Å². The summed E-state index contributed by atoms with van der Waals surface area (Å²) in [5.41, 5.74) is 23.4. The van der Waals surface area contributed by atoms with Crippen LogP contribution in [-0.2, 0) is 0 Å². The Bertz CT molecular complexity index is 963. The molecule has 0 spiro atoms. The molecule has 33 heavy (non-hydrogen) atoms. The molecule has 0 radical (unpaired) electrons. The van der Waals surface area contributed by atoms with Crippen LogP contribution in [0.2, 0.25) is 0 Å². The molecule has 0 bridgehead atoms. The first-order chi connectivity index (χ1) is 15.8. The predicted octanol–water partition coefficient (Wildman–Crippen LogP) is 6.99. The number of hydrazine groups is 2. The summed E-state index contributed by atoms with van der Waals surface area (Å²) in [6, 6.07) is 23.5. The first kappa shape index (κ1) is 24.1. The van der Waals surface area contributed by atoms with Gasteiger partial charge in [-0.25, -0.2) is 0 Å². The van der Waals surface area contributed by atoms with Crippen molar-refractivity contribution < 1.29 is 4.74 Å². The van der Waals surface area contributed by atoms with E-state index in [9.17, 15) is 0 Å². The van der Waals surface area contributed by atoms with Crippen LogP contribution >= 0.6 is 0 Å². The number of anilines is 5. The van der Waals surface area contributed by atoms with Gasteiger partial charge in [0.05, 0.1) is 29.4 Å². The second-order valence-corrected chi connectivity index (χ2v) is 9.73. The van der Waals surface area contributed by atoms with E-state index >= 15 is 0 Å². The fourth-order valence-corrected chi connectivity index (χ4v) is 3.65. The van der Waals surface area contributed by atoms with E-state index in [1.165, 1.54) is 6.42 Å². The standard InChI is InChI=1S/C27H37N5O/c1-20(19-27(2,3)4)17-18-33-26-15-13-25(14-16-26)32-31-24-11-9-23(10-12-24)30-29-22-7-5-21(28)6-8-22/h5-16,20,29-32H,17-19,28H2,1-4H3. The van der Waals surface area contributed by atoms with Gasteiger partial charge in [-0.15, -0.1) is 0 Å². The third kappa shape index (κ3) is 8.85. The monoisotopic (exact) mass is 447 g/mol. The summed E-state index contributed by atoms with van der Waals surface area (Å²) < 4.78 is 5.92. The molecule has 6 nitrogen and oxygen atoms in total. The Morgan fingerprint density at radius 3 is 1.52 bits per heavy atom. The summed E-state index contributed by atoms with van der Waals surface area (Å²) in [7, 11) is 0. The van der Waals surface area contributed by atoms with Gasteiger partial charge >= 0.3 is 0 Å². The van der Waals surface area contributed by atoms with E-state index in [-0.39, 0.29) is 0 Å². The van der Waals surface area contributed by atoms with Gasteiger partial charge in [-0.3, -0.25) is 0 Å². The maximum absolute atomic E-state index is 5.92. The van der Waals surface area contributed by atoms with Gasteiger partial charge in [-0.2, -0.15) is 0 Å². The molecule has 0 amide bonds. The molecule has 3 rings (SSSR count). The summed E-state index contributed by atoms with van der Waals surface area (Å²) >= 11 is 0. The third-order valence-corrected chi connectivity index (χ3v) is 5.19. The minimum atomic E-state index is 0.366.